The maximum atomic E-state index is 11.8. The Morgan fingerprint density at radius 1 is 1.26 bits per heavy atom. The normalized spacial score (nSPS) is 10.1. The molecule has 1 amide bonds. The SMILES string of the molecule is Cc1cc([N+](=O)[O-])cnc1NCCCNC(=O)c1ccccc1. The van der Waals surface area contributed by atoms with Gasteiger partial charge in [-0.05, 0) is 31.0 Å². The third-order valence-corrected chi connectivity index (χ3v) is 3.24. The zero-order valence-corrected chi connectivity index (χ0v) is 12.8. The first-order valence-corrected chi connectivity index (χ1v) is 7.26. The van der Waals surface area contributed by atoms with Crippen molar-refractivity contribution in [3.8, 4) is 0 Å². The van der Waals surface area contributed by atoms with Crippen LogP contribution in [-0.4, -0.2) is 28.9 Å². The summed E-state index contributed by atoms with van der Waals surface area (Å²) in [5.41, 5.74) is 1.32. The minimum Gasteiger partial charge on any atom is -0.370 e. The average molecular weight is 314 g/mol. The molecule has 0 spiro atoms. The Morgan fingerprint density at radius 3 is 2.65 bits per heavy atom. The number of aryl methyl sites for hydroxylation is 1. The van der Waals surface area contributed by atoms with E-state index in [9.17, 15) is 14.9 Å². The summed E-state index contributed by atoms with van der Waals surface area (Å²) in [5, 5.41) is 16.6. The molecule has 23 heavy (non-hydrogen) atoms. The molecule has 0 aliphatic heterocycles. The first-order chi connectivity index (χ1) is 11.1. The van der Waals surface area contributed by atoms with Gasteiger partial charge in [0.15, 0.2) is 0 Å². The second kappa shape index (κ2) is 7.88. The van der Waals surface area contributed by atoms with Crippen molar-refractivity contribution in [3.05, 3.63) is 63.8 Å². The van der Waals surface area contributed by atoms with E-state index in [1.165, 1.54) is 12.3 Å². The number of rotatable bonds is 7. The van der Waals surface area contributed by atoms with E-state index in [0.29, 0.717) is 30.0 Å². The molecule has 7 heteroatoms. The fraction of sp³-hybridized carbons (Fsp3) is 0.250. The zero-order chi connectivity index (χ0) is 16.7. The summed E-state index contributed by atoms with van der Waals surface area (Å²) >= 11 is 0. The quantitative estimate of drug-likeness (QED) is 0.465. The van der Waals surface area contributed by atoms with Crippen LogP contribution in [-0.2, 0) is 0 Å². The summed E-state index contributed by atoms with van der Waals surface area (Å²) in [6.07, 6.45) is 1.95. The summed E-state index contributed by atoms with van der Waals surface area (Å²) in [6.45, 7) is 2.91. The number of pyridine rings is 1. The number of nitrogens with one attached hydrogen (secondary N) is 2. The molecular formula is C16H18N4O3. The van der Waals surface area contributed by atoms with Crippen LogP contribution >= 0.6 is 0 Å². The largest absolute Gasteiger partial charge is 0.370 e. The van der Waals surface area contributed by atoms with Crippen molar-refractivity contribution in [2.75, 3.05) is 18.4 Å². The summed E-state index contributed by atoms with van der Waals surface area (Å²) in [6, 6.07) is 10.5. The van der Waals surface area contributed by atoms with Crippen molar-refractivity contribution in [3.63, 3.8) is 0 Å². The van der Waals surface area contributed by atoms with Crippen LogP contribution in [0.3, 0.4) is 0 Å². The van der Waals surface area contributed by atoms with E-state index in [1.54, 1.807) is 19.1 Å². The summed E-state index contributed by atoms with van der Waals surface area (Å²) < 4.78 is 0. The molecule has 0 bridgehead atoms. The van der Waals surface area contributed by atoms with Crippen LogP contribution in [0.1, 0.15) is 22.3 Å². The first-order valence-electron chi connectivity index (χ1n) is 7.26. The smallest absolute Gasteiger partial charge is 0.287 e. The Balaban J connectivity index is 1.73. The summed E-state index contributed by atoms with van der Waals surface area (Å²) in [4.78, 5) is 26.0. The Bertz CT molecular complexity index is 689. The first kappa shape index (κ1) is 16.4. The highest BCUT2D eigenvalue weighted by molar-refractivity contribution is 5.94. The minimum absolute atomic E-state index is 0.0248. The Kier molecular flexibility index (Phi) is 5.62. The van der Waals surface area contributed by atoms with Crippen LogP contribution in [0.4, 0.5) is 11.5 Å². The van der Waals surface area contributed by atoms with Gasteiger partial charge in [-0.2, -0.15) is 0 Å². The van der Waals surface area contributed by atoms with Crippen LogP contribution < -0.4 is 10.6 Å². The van der Waals surface area contributed by atoms with Crippen molar-refractivity contribution in [1.82, 2.24) is 10.3 Å². The van der Waals surface area contributed by atoms with Gasteiger partial charge in [0.25, 0.3) is 11.6 Å². The van der Waals surface area contributed by atoms with E-state index in [-0.39, 0.29) is 11.6 Å². The highest BCUT2D eigenvalue weighted by Gasteiger charge is 2.09. The van der Waals surface area contributed by atoms with Crippen molar-refractivity contribution in [1.29, 1.82) is 0 Å². The van der Waals surface area contributed by atoms with E-state index in [2.05, 4.69) is 15.6 Å². The molecule has 2 N–H and O–H groups in total. The topological polar surface area (TPSA) is 97.2 Å². The number of carbonyl (C=O) groups is 1. The predicted octanol–water partition coefficient (Wildman–Crippen LogP) is 2.53. The molecule has 0 saturated heterocycles. The Hall–Kier alpha value is -2.96. The van der Waals surface area contributed by atoms with E-state index < -0.39 is 4.92 Å². The lowest BCUT2D eigenvalue weighted by Crippen LogP contribution is -2.25. The molecule has 0 atom stereocenters. The van der Waals surface area contributed by atoms with Gasteiger partial charge in [0.2, 0.25) is 0 Å². The molecule has 0 unspecified atom stereocenters. The lowest BCUT2D eigenvalue weighted by Gasteiger charge is -2.09. The zero-order valence-electron chi connectivity index (χ0n) is 12.8. The minimum atomic E-state index is -0.469. The molecule has 0 aliphatic rings. The van der Waals surface area contributed by atoms with E-state index >= 15 is 0 Å². The maximum Gasteiger partial charge on any atom is 0.287 e. The molecule has 120 valence electrons. The Morgan fingerprint density at radius 2 is 2.00 bits per heavy atom. The standard InChI is InChI=1S/C16H18N4O3/c1-12-10-14(20(22)23)11-19-15(12)17-8-5-9-18-16(21)13-6-3-2-4-7-13/h2-4,6-7,10-11H,5,8-9H2,1H3,(H,17,19)(H,18,21). The van der Waals surface area contributed by atoms with Gasteiger partial charge in [-0.3, -0.25) is 14.9 Å². The van der Waals surface area contributed by atoms with Gasteiger partial charge in [0.05, 0.1) is 4.92 Å². The summed E-state index contributed by atoms with van der Waals surface area (Å²) in [7, 11) is 0. The molecule has 2 rings (SSSR count). The van der Waals surface area contributed by atoms with Crippen molar-refractivity contribution in [2.45, 2.75) is 13.3 Å². The number of amides is 1. The van der Waals surface area contributed by atoms with Crippen LogP contribution in [0.15, 0.2) is 42.6 Å². The van der Waals surface area contributed by atoms with Gasteiger partial charge >= 0.3 is 0 Å². The highest BCUT2D eigenvalue weighted by Crippen LogP contribution is 2.17. The van der Waals surface area contributed by atoms with Gasteiger partial charge in [0.1, 0.15) is 12.0 Å². The molecule has 1 heterocycles. The van der Waals surface area contributed by atoms with Crippen molar-refractivity contribution >= 4 is 17.4 Å². The fourth-order valence-corrected chi connectivity index (χ4v) is 2.03. The van der Waals surface area contributed by atoms with E-state index in [4.69, 9.17) is 0 Å². The number of carbonyl (C=O) groups excluding carboxylic acids is 1. The number of hydrogen-bond acceptors (Lipinski definition) is 5. The molecular weight excluding hydrogens is 296 g/mol. The molecule has 1 aromatic heterocycles. The van der Waals surface area contributed by atoms with E-state index in [0.717, 1.165) is 6.42 Å². The second-order valence-electron chi connectivity index (χ2n) is 5.02. The second-order valence-corrected chi connectivity index (χ2v) is 5.02. The number of nitro groups is 1. The lowest BCUT2D eigenvalue weighted by atomic mass is 10.2. The molecule has 0 aliphatic carbocycles. The van der Waals surface area contributed by atoms with Gasteiger partial charge in [-0.15, -0.1) is 0 Å². The number of nitrogens with zero attached hydrogens (tertiary/aromatic N) is 2. The Labute approximate surface area is 133 Å². The highest BCUT2D eigenvalue weighted by atomic mass is 16.6. The number of aromatic nitrogens is 1. The number of benzene rings is 1. The molecule has 1 aromatic carbocycles. The average Bonchev–Trinajstić information content (AvgIpc) is 2.56. The molecule has 0 radical (unpaired) electrons. The summed E-state index contributed by atoms with van der Waals surface area (Å²) in [5.74, 6) is 0.514. The molecule has 7 nitrogen and oxygen atoms in total. The van der Waals surface area contributed by atoms with Crippen LogP contribution in [0.5, 0.6) is 0 Å². The van der Waals surface area contributed by atoms with Gasteiger partial charge in [-0.25, -0.2) is 4.98 Å². The van der Waals surface area contributed by atoms with Crippen LogP contribution in [0.25, 0.3) is 0 Å². The third-order valence-electron chi connectivity index (χ3n) is 3.24. The monoisotopic (exact) mass is 314 g/mol. The molecule has 2 aromatic rings. The molecule has 0 saturated carbocycles. The number of anilines is 1. The predicted molar refractivity (Wildman–Crippen MR) is 87.5 cm³/mol. The lowest BCUT2D eigenvalue weighted by molar-refractivity contribution is -0.385. The van der Waals surface area contributed by atoms with Gasteiger partial charge < -0.3 is 10.6 Å². The third kappa shape index (κ3) is 4.77. The van der Waals surface area contributed by atoms with E-state index in [1.807, 2.05) is 18.2 Å². The van der Waals surface area contributed by atoms with Crippen LogP contribution in [0, 0.1) is 17.0 Å². The van der Waals surface area contributed by atoms with Crippen molar-refractivity contribution in [2.24, 2.45) is 0 Å². The van der Waals surface area contributed by atoms with Gasteiger partial charge in [-0.1, -0.05) is 18.2 Å². The van der Waals surface area contributed by atoms with Crippen LogP contribution in [0.2, 0.25) is 0 Å². The maximum absolute atomic E-state index is 11.8. The fourth-order valence-electron chi connectivity index (χ4n) is 2.03. The van der Waals surface area contributed by atoms with Crippen molar-refractivity contribution < 1.29 is 9.72 Å². The molecule has 0 fully saturated rings. The number of hydrogen-bond donors (Lipinski definition) is 2. The van der Waals surface area contributed by atoms with Gasteiger partial charge in [0, 0.05) is 24.7 Å².